The third kappa shape index (κ3) is 2.76. The summed E-state index contributed by atoms with van der Waals surface area (Å²) in [5, 5.41) is 0. The molecule has 0 radical (unpaired) electrons. The second kappa shape index (κ2) is 5.27. The van der Waals surface area contributed by atoms with Crippen molar-refractivity contribution in [2.24, 2.45) is 0 Å². The van der Waals surface area contributed by atoms with Gasteiger partial charge in [0.1, 0.15) is 6.61 Å². The molecule has 0 saturated heterocycles. The van der Waals surface area contributed by atoms with E-state index in [9.17, 15) is 4.79 Å². The third-order valence-corrected chi connectivity index (χ3v) is 1.71. The SMILES string of the molecule is CCOc1cc(C)ccc1OCC=O. The van der Waals surface area contributed by atoms with Crippen molar-refractivity contribution in [3.8, 4) is 11.5 Å². The molecule has 0 heterocycles. The summed E-state index contributed by atoms with van der Waals surface area (Å²) in [6, 6.07) is 5.62. The lowest BCUT2D eigenvalue weighted by molar-refractivity contribution is -0.109. The summed E-state index contributed by atoms with van der Waals surface area (Å²) in [6.07, 6.45) is 0.718. The third-order valence-electron chi connectivity index (χ3n) is 1.71. The van der Waals surface area contributed by atoms with Crippen LogP contribution in [0.15, 0.2) is 18.2 Å². The Morgan fingerprint density at radius 1 is 1.29 bits per heavy atom. The number of hydrogen-bond acceptors (Lipinski definition) is 3. The Morgan fingerprint density at radius 3 is 2.71 bits per heavy atom. The summed E-state index contributed by atoms with van der Waals surface area (Å²) in [5.74, 6) is 1.30. The normalized spacial score (nSPS) is 9.57. The molecule has 0 aromatic heterocycles. The van der Waals surface area contributed by atoms with Crippen LogP contribution in [0.2, 0.25) is 0 Å². The first kappa shape index (κ1) is 10.6. The summed E-state index contributed by atoms with van der Waals surface area (Å²) in [6.45, 7) is 4.53. The lowest BCUT2D eigenvalue weighted by Gasteiger charge is -2.10. The maximum absolute atomic E-state index is 10.1. The molecule has 1 aromatic carbocycles. The van der Waals surface area contributed by atoms with Gasteiger partial charge in [-0.1, -0.05) is 6.07 Å². The average molecular weight is 194 g/mol. The number of benzene rings is 1. The molecule has 76 valence electrons. The average Bonchev–Trinajstić information content (AvgIpc) is 2.17. The molecule has 0 aliphatic heterocycles. The van der Waals surface area contributed by atoms with Crippen molar-refractivity contribution in [3.05, 3.63) is 23.8 Å². The zero-order chi connectivity index (χ0) is 10.4. The van der Waals surface area contributed by atoms with E-state index in [1.165, 1.54) is 0 Å². The first-order valence-corrected chi connectivity index (χ1v) is 4.57. The van der Waals surface area contributed by atoms with Gasteiger partial charge in [-0.05, 0) is 31.5 Å². The lowest BCUT2D eigenvalue weighted by Crippen LogP contribution is -2.01. The number of ether oxygens (including phenoxy) is 2. The Hall–Kier alpha value is -1.51. The molecule has 1 rings (SSSR count). The number of aryl methyl sites for hydroxylation is 1. The Kier molecular flexibility index (Phi) is 3.98. The summed E-state index contributed by atoms with van der Waals surface area (Å²) in [4.78, 5) is 10.1. The number of carbonyl (C=O) groups is 1. The molecule has 0 amide bonds. The van der Waals surface area contributed by atoms with Gasteiger partial charge in [-0.3, -0.25) is 4.79 Å². The minimum Gasteiger partial charge on any atom is -0.490 e. The van der Waals surface area contributed by atoms with Crippen molar-refractivity contribution in [2.75, 3.05) is 13.2 Å². The molecule has 0 aliphatic carbocycles. The maximum Gasteiger partial charge on any atom is 0.161 e. The number of carbonyl (C=O) groups excluding carboxylic acids is 1. The summed E-state index contributed by atoms with van der Waals surface area (Å²) < 4.78 is 10.6. The van der Waals surface area contributed by atoms with Crippen molar-refractivity contribution in [1.82, 2.24) is 0 Å². The number of hydrogen-bond donors (Lipinski definition) is 0. The van der Waals surface area contributed by atoms with E-state index in [0.29, 0.717) is 18.1 Å². The Morgan fingerprint density at radius 2 is 2.07 bits per heavy atom. The van der Waals surface area contributed by atoms with E-state index in [2.05, 4.69) is 0 Å². The van der Waals surface area contributed by atoms with Crippen LogP contribution in [0, 0.1) is 6.92 Å². The van der Waals surface area contributed by atoms with E-state index in [4.69, 9.17) is 9.47 Å². The van der Waals surface area contributed by atoms with Crippen LogP contribution in [0.5, 0.6) is 11.5 Å². The van der Waals surface area contributed by atoms with Gasteiger partial charge in [0.05, 0.1) is 6.61 Å². The van der Waals surface area contributed by atoms with Crippen LogP contribution in [0.3, 0.4) is 0 Å². The number of aldehydes is 1. The standard InChI is InChI=1S/C11H14O3/c1-3-13-11-8-9(2)4-5-10(11)14-7-6-12/h4-6,8H,3,7H2,1-2H3. The van der Waals surface area contributed by atoms with Gasteiger partial charge in [-0.15, -0.1) is 0 Å². The minimum absolute atomic E-state index is 0.0587. The van der Waals surface area contributed by atoms with Crippen LogP contribution in [0.4, 0.5) is 0 Å². The summed E-state index contributed by atoms with van der Waals surface area (Å²) in [5.41, 5.74) is 1.10. The first-order chi connectivity index (χ1) is 6.77. The fourth-order valence-corrected chi connectivity index (χ4v) is 1.13. The topological polar surface area (TPSA) is 35.5 Å². The predicted molar refractivity (Wildman–Crippen MR) is 53.9 cm³/mol. The summed E-state index contributed by atoms with van der Waals surface area (Å²) in [7, 11) is 0. The molecule has 0 N–H and O–H groups in total. The second-order valence-electron chi connectivity index (χ2n) is 2.86. The fraction of sp³-hybridized carbons (Fsp3) is 0.364. The molecule has 0 unspecified atom stereocenters. The largest absolute Gasteiger partial charge is 0.490 e. The highest BCUT2D eigenvalue weighted by Gasteiger charge is 2.03. The quantitative estimate of drug-likeness (QED) is 0.672. The Bertz CT molecular complexity index is 307. The fourth-order valence-electron chi connectivity index (χ4n) is 1.13. The molecule has 0 saturated carbocycles. The van der Waals surface area contributed by atoms with Crippen LogP contribution in [-0.4, -0.2) is 19.5 Å². The van der Waals surface area contributed by atoms with E-state index >= 15 is 0 Å². The molecule has 0 fully saturated rings. The van der Waals surface area contributed by atoms with E-state index in [0.717, 1.165) is 11.8 Å². The predicted octanol–water partition coefficient (Wildman–Crippen LogP) is 1.97. The molecule has 0 spiro atoms. The van der Waals surface area contributed by atoms with Crippen LogP contribution in [0.25, 0.3) is 0 Å². The van der Waals surface area contributed by atoms with Crippen molar-refractivity contribution in [2.45, 2.75) is 13.8 Å². The minimum atomic E-state index is 0.0587. The monoisotopic (exact) mass is 194 g/mol. The smallest absolute Gasteiger partial charge is 0.161 e. The Balaban J connectivity index is 2.83. The van der Waals surface area contributed by atoms with Gasteiger partial charge in [0.2, 0.25) is 0 Å². The molecular formula is C11H14O3. The molecular weight excluding hydrogens is 180 g/mol. The molecule has 0 bridgehead atoms. The van der Waals surface area contributed by atoms with E-state index in [1.807, 2.05) is 32.0 Å². The lowest BCUT2D eigenvalue weighted by atomic mass is 10.2. The molecule has 14 heavy (non-hydrogen) atoms. The van der Waals surface area contributed by atoms with Crippen molar-refractivity contribution in [1.29, 1.82) is 0 Å². The van der Waals surface area contributed by atoms with Crippen LogP contribution >= 0.6 is 0 Å². The van der Waals surface area contributed by atoms with Crippen molar-refractivity contribution < 1.29 is 14.3 Å². The zero-order valence-corrected chi connectivity index (χ0v) is 8.45. The van der Waals surface area contributed by atoms with Crippen LogP contribution in [0.1, 0.15) is 12.5 Å². The first-order valence-electron chi connectivity index (χ1n) is 4.57. The summed E-state index contributed by atoms with van der Waals surface area (Å²) >= 11 is 0. The van der Waals surface area contributed by atoms with Crippen molar-refractivity contribution >= 4 is 6.29 Å². The zero-order valence-electron chi connectivity index (χ0n) is 8.45. The molecule has 3 nitrogen and oxygen atoms in total. The van der Waals surface area contributed by atoms with Crippen molar-refractivity contribution in [3.63, 3.8) is 0 Å². The van der Waals surface area contributed by atoms with Gasteiger partial charge < -0.3 is 9.47 Å². The van der Waals surface area contributed by atoms with Gasteiger partial charge in [0.15, 0.2) is 17.8 Å². The van der Waals surface area contributed by atoms with E-state index in [1.54, 1.807) is 0 Å². The highest BCUT2D eigenvalue weighted by molar-refractivity contribution is 5.52. The Labute approximate surface area is 83.6 Å². The van der Waals surface area contributed by atoms with Gasteiger partial charge in [-0.25, -0.2) is 0 Å². The van der Waals surface area contributed by atoms with Gasteiger partial charge >= 0.3 is 0 Å². The number of rotatable bonds is 5. The molecule has 3 heteroatoms. The highest BCUT2D eigenvalue weighted by Crippen LogP contribution is 2.27. The highest BCUT2D eigenvalue weighted by atomic mass is 16.5. The van der Waals surface area contributed by atoms with E-state index < -0.39 is 0 Å². The maximum atomic E-state index is 10.1. The van der Waals surface area contributed by atoms with E-state index in [-0.39, 0.29) is 6.61 Å². The van der Waals surface area contributed by atoms with Gasteiger partial charge in [-0.2, -0.15) is 0 Å². The molecule has 0 aliphatic rings. The van der Waals surface area contributed by atoms with Gasteiger partial charge in [0, 0.05) is 0 Å². The van der Waals surface area contributed by atoms with Crippen LogP contribution < -0.4 is 9.47 Å². The van der Waals surface area contributed by atoms with Gasteiger partial charge in [0.25, 0.3) is 0 Å². The molecule has 1 aromatic rings. The van der Waals surface area contributed by atoms with Crippen LogP contribution in [-0.2, 0) is 4.79 Å². The second-order valence-corrected chi connectivity index (χ2v) is 2.86. The molecule has 0 atom stereocenters.